The van der Waals surface area contributed by atoms with E-state index in [0.717, 1.165) is 38.5 Å². The Morgan fingerprint density at radius 3 is 2.39 bits per heavy atom. The average Bonchev–Trinajstić information content (AvgIpc) is 3.24. The Morgan fingerprint density at radius 1 is 1.00 bits per heavy atom. The molecular weight excluding hydrogens is 356 g/mol. The number of benzene rings is 1. The van der Waals surface area contributed by atoms with Crippen LogP contribution in [0.3, 0.4) is 0 Å². The molecule has 0 amide bonds. The van der Waals surface area contributed by atoms with Crippen molar-refractivity contribution in [2.45, 2.75) is 18.3 Å². The zero-order valence-corrected chi connectivity index (χ0v) is 13.7. The number of rotatable bonds is 1. The zero-order chi connectivity index (χ0) is 15.7. The number of hydrogen-bond acceptors (Lipinski definition) is 3. The Morgan fingerprint density at radius 2 is 1.70 bits per heavy atom. The number of allylic oxidation sites excluding steroid dienone is 2. The first-order valence-electron chi connectivity index (χ1n) is 7.54. The summed E-state index contributed by atoms with van der Waals surface area (Å²) in [7, 11) is 0. The van der Waals surface area contributed by atoms with E-state index in [9.17, 15) is 10.2 Å². The molecule has 114 valence electrons. The number of pyridine rings is 1. The van der Waals surface area contributed by atoms with Gasteiger partial charge in [-0.3, -0.25) is 9.55 Å². The summed E-state index contributed by atoms with van der Waals surface area (Å²) in [4.78, 5) is 4.20. The van der Waals surface area contributed by atoms with Crippen molar-refractivity contribution >= 4 is 26.7 Å². The molecule has 0 spiro atoms. The predicted molar refractivity (Wildman–Crippen MR) is 91.3 cm³/mol. The minimum Gasteiger partial charge on any atom is -0.494 e. The summed E-state index contributed by atoms with van der Waals surface area (Å²) in [6.07, 6.45) is 8.69. The molecule has 2 atom stereocenters. The van der Waals surface area contributed by atoms with Gasteiger partial charge in [0.05, 0.1) is 5.69 Å². The van der Waals surface area contributed by atoms with E-state index in [0.29, 0.717) is 0 Å². The third-order valence-corrected chi connectivity index (χ3v) is 5.70. The number of aromatic hydroxyl groups is 2. The molecule has 2 heterocycles. The quantitative estimate of drug-likeness (QED) is 0.628. The molecule has 2 N–H and O–H groups in total. The summed E-state index contributed by atoms with van der Waals surface area (Å²) in [5.74, 6) is 0.702. The topological polar surface area (TPSA) is 58.3 Å². The minimum absolute atomic E-state index is 0.141. The Hall–Kier alpha value is -2.27. The maximum absolute atomic E-state index is 10.8. The maximum atomic E-state index is 10.8. The monoisotopic (exact) mass is 368 g/mol. The van der Waals surface area contributed by atoms with Crippen molar-refractivity contribution in [1.29, 1.82) is 0 Å². The second kappa shape index (κ2) is 4.38. The Kier molecular flexibility index (Phi) is 2.52. The van der Waals surface area contributed by atoms with Gasteiger partial charge in [0, 0.05) is 50.6 Å². The molecule has 2 aliphatic carbocycles. The molecule has 2 aliphatic rings. The zero-order valence-electron chi connectivity index (χ0n) is 12.1. The van der Waals surface area contributed by atoms with Gasteiger partial charge in [-0.1, -0.05) is 28.1 Å². The van der Waals surface area contributed by atoms with Crippen LogP contribution in [-0.2, 0) is 0 Å². The molecule has 5 rings (SSSR count). The normalized spacial score (nSPS) is 21.3. The fraction of sp³-hybridized carbons (Fsp3) is 0.167. The van der Waals surface area contributed by atoms with E-state index in [1.807, 2.05) is 18.2 Å². The molecule has 2 aromatic heterocycles. The Balaban J connectivity index is 1.84. The van der Waals surface area contributed by atoms with E-state index in [1.165, 1.54) is 0 Å². The van der Waals surface area contributed by atoms with Gasteiger partial charge in [0.1, 0.15) is 0 Å². The molecule has 1 aromatic carbocycles. The second-order valence-corrected chi connectivity index (χ2v) is 6.99. The SMILES string of the molecule is Oc1c2c(c(O)n1-c1ccc(Br)c3ccncc13)[C@H]1C=C[C@@H]2C1. The molecule has 3 aromatic rings. The minimum atomic E-state index is 0.141. The van der Waals surface area contributed by atoms with Gasteiger partial charge < -0.3 is 10.2 Å². The van der Waals surface area contributed by atoms with E-state index < -0.39 is 0 Å². The molecular formula is C18H13BrN2O2. The summed E-state index contributed by atoms with van der Waals surface area (Å²) < 4.78 is 2.51. The largest absolute Gasteiger partial charge is 0.494 e. The Bertz CT molecular complexity index is 970. The average molecular weight is 369 g/mol. The summed E-state index contributed by atoms with van der Waals surface area (Å²) in [6.45, 7) is 0. The van der Waals surface area contributed by atoms with Crippen LogP contribution in [0.1, 0.15) is 29.4 Å². The van der Waals surface area contributed by atoms with Crippen LogP contribution in [-0.4, -0.2) is 19.8 Å². The molecule has 0 unspecified atom stereocenters. The van der Waals surface area contributed by atoms with Crippen molar-refractivity contribution in [2.75, 3.05) is 0 Å². The van der Waals surface area contributed by atoms with Crippen LogP contribution in [0, 0.1) is 0 Å². The lowest BCUT2D eigenvalue weighted by Gasteiger charge is -2.13. The van der Waals surface area contributed by atoms with Gasteiger partial charge in [-0.15, -0.1) is 0 Å². The Labute approximate surface area is 140 Å². The van der Waals surface area contributed by atoms with Crippen LogP contribution < -0.4 is 0 Å². The summed E-state index contributed by atoms with van der Waals surface area (Å²) in [5.41, 5.74) is 2.48. The number of hydrogen-bond donors (Lipinski definition) is 2. The first-order chi connectivity index (χ1) is 11.2. The van der Waals surface area contributed by atoms with Crippen LogP contribution >= 0.6 is 15.9 Å². The highest BCUT2D eigenvalue weighted by molar-refractivity contribution is 9.10. The van der Waals surface area contributed by atoms with Gasteiger partial charge in [0.25, 0.3) is 0 Å². The highest BCUT2D eigenvalue weighted by Crippen LogP contribution is 2.57. The summed E-state index contributed by atoms with van der Waals surface area (Å²) in [5, 5.41) is 23.4. The fourth-order valence-electron chi connectivity index (χ4n) is 4.00. The fourth-order valence-corrected chi connectivity index (χ4v) is 4.48. The van der Waals surface area contributed by atoms with Crippen molar-refractivity contribution in [3.63, 3.8) is 0 Å². The lowest BCUT2D eigenvalue weighted by molar-refractivity contribution is 0.396. The number of halogens is 1. The third kappa shape index (κ3) is 1.58. The van der Waals surface area contributed by atoms with E-state index in [-0.39, 0.29) is 23.6 Å². The van der Waals surface area contributed by atoms with Crippen LogP contribution in [0.5, 0.6) is 11.8 Å². The van der Waals surface area contributed by atoms with Gasteiger partial charge in [0.2, 0.25) is 11.8 Å². The molecule has 5 heteroatoms. The second-order valence-electron chi connectivity index (χ2n) is 6.13. The number of fused-ring (bicyclic) bond motifs is 6. The van der Waals surface area contributed by atoms with Gasteiger partial charge >= 0.3 is 0 Å². The van der Waals surface area contributed by atoms with Crippen LogP contribution in [0.15, 0.2) is 47.2 Å². The van der Waals surface area contributed by atoms with E-state index in [1.54, 1.807) is 17.0 Å². The highest BCUT2D eigenvalue weighted by Gasteiger charge is 2.41. The van der Waals surface area contributed by atoms with Crippen molar-refractivity contribution in [3.8, 4) is 17.4 Å². The van der Waals surface area contributed by atoms with Crippen molar-refractivity contribution in [3.05, 3.63) is 58.3 Å². The van der Waals surface area contributed by atoms with Gasteiger partial charge in [0.15, 0.2) is 0 Å². The van der Waals surface area contributed by atoms with Gasteiger partial charge in [-0.25, -0.2) is 0 Å². The molecule has 0 radical (unpaired) electrons. The third-order valence-electron chi connectivity index (χ3n) is 5.00. The van der Waals surface area contributed by atoms with Crippen molar-refractivity contribution in [2.24, 2.45) is 0 Å². The number of aromatic nitrogens is 2. The van der Waals surface area contributed by atoms with Crippen LogP contribution in [0.4, 0.5) is 0 Å². The van der Waals surface area contributed by atoms with E-state index in [4.69, 9.17) is 0 Å². The maximum Gasteiger partial charge on any atom is 0.202 e. The van der Waals surface area contributed by atoms with Crippen molar-refractivity contribution < 1.29 is 10.2 Å². The van der Waals surface area contributed by atoms with Gasteiger partial charge in [-0.2, -0.15) is 0 Å². The molecule has 4 nitrogen and oxygen atoms in total. The summed E-state index contributed by atoms with van der Waals surface area (Å²) in [6, 6.07) is 5.73. The number of nitrogens with zero attached hydrogens (tertiary/aromatic N) is 2. The van der Waals surface area contributed by atoms with E-state index >= 15 is 0 Å². The molecule has 0 aliphatic heterocycles. The molecule has 0 fully saturated rings. The van der Waals surface area contributed by atoms with E-state index in [2.05, 4.69) is 33.1 Å². The molecule has 23 heavy (non-hydrogen) atoms. The molecule has 0 saturated carbocycles. The smallest absolute Gasteiger partial charge is 0.202 e. The summed E-state index contributed by atoms with van der Waals surface area (Å²) >= 11 is 3.54. The lowest BCUT2D eigenvalue weighted by atomic mass is 10.0. The van der Waals surface area contributed by atoms with Crippen molar-refractivity contribution in [1.82, 2.24) is 9.55 Å². The lowest BCUT2D eigenvalue weighted by Crippen LogP contribution is -1.97. The van der Waals surface area contributed by atoms with Gasteiger partial charge in [-0.05, 0) is 24.6 Å². The predicted octanol–water partition coefficient (Wildman–Crippen LogP) is 4.34. The molecule has 0 saturated heterocycles. The van der Waals surface area contributed by atoms with Crippen LogP contribution in [0.25, 0.3) is 16.5 Å². The van der Waals surface area contributed by atoms with Crippen LogP contribution in [0.2, 0.25) is 0 Å². The highest BCUT2D eigenvalue weighted by atomic mass is 79.9. The first kappa shape index (κ1) is 13.2. The standard InChI is InChI=1S/C18H13BrN2O2/c19-13-3-4-14(12-8-20-6-5-11(12)13)21-17(22)15-9-1-2-10(7-9)16(15)18(21)23/h1-6,8-10,22-23H,7H2/t9-,10+. The molecule has 2 bridgehead atoms. The first-order valence-corrected chi connectivity index (χ1v) is 8.33.